The molecular weight excluding hydrogens is 354 g/mol. The Labute approximate surface area is 158 Å². The molecule has 1 saturated heterocycles. The SMILES string of the molecule is COCCOC(=NCCN1CCOCC1)NC(=O)c1ccc2c(c1)OCO2. The Morgan fingerprint density at radius 3 is 2.85 bits per heavy atom. The summed E-state index contributed by atoms with van der Waals surface area (Å²) in [6.07, 6.45) is 0. The number of morpholine rings is 1. The summed E-state index contributed by atoms with van der Waals surface area (Å²) in [5, 5.41) is 2.71. The summed E-state index contributed by atoms with van der Waals surface area (Å²) < 4.78 is 26.4. The molecule has 0 radical (unpaired) electrons. The Bertz CT molecular complexity index is 660. The van der Waals surface area contributed by atoms with E-state index in [4.69, 9.17) is 23.7 Å². The standard InChI is InChI=1S/C18H25N3O6/c1-23-10-11-25-18(19-4-5-21-6-8-24-9-7-21)20-17(22)14-2-3-15-16(12-14)27-13-26-15/h2-3,12H,4-11,13H2,1H3,(H,19,20,22). The normalized spacial score (nSPS) is 17.0. The molecule has 1 fully saturated rings. The molecule has 0 aromatic heterocycles. The van der Waals surface area contributed by atoms with E-state index >= 15 is 0 Å². The smallest absolute Gasteiger partial charge is 0.291 e. The molecule has 2 aliphatic rings. The fourth-order valence-corrected chi connectivity index (χ4v) is 2.67. The topological polar surface area (TPSA) is 90.9 Å². The summed E-state index contributed by atoms with van der Waals surface area (Å²) >= 11 is 0. The van der Waals surface area contributed by atoms with Gasteiger partial charge in [-0.25, -0.2) is 4.99 Å². The molecule has 3 rings (SSSR count). The minimum Gasteiger partial charge on any atom is -0.463 e. The number of ether oxygens (including phenoxy) is 5. The first-order valence-electron chi connectivity index (χ1n) is 8.93. The summed E-state index contributed by atoms with van der Waals surface area (Å²) in [6.45, 7) is 5.41. The quantitative estimate of drug-likeness (QED) is 0.419. The van der Waals surface area contributed by atoms with Crippen LogP contribution in [0.1, 0.15) is 10.4 Å². The number of carbonyl (C=O) groups excluding carboxylic acids is 1. The second kappa shape index (κ2) is 10.1. The largest absolute Gasteiger partial charge is 0.463 e. The van der Waals surface area contributed by atoms with Crippen LogP contribution in [0.4, 0.5) is 0 Å². The Hall–Kier alpha value is -2.36. The average Bonchev–Trinajstić information content (AvgIpc) is 3.16. The number of methoxy groups -OCH3 is 1. The number of rotatable bonds is 7. The Morgan fingerprint density at radius 1 is 1.22 bits per heavy atom. The molecular formula is C18H25N3O6. The first kappa shape index (κ1) is 19.4. The van der Waals surface area contributed by atoms with Crippen LogP contribution in [0.15, 0.2) is 23.2 Å². The van der Waals surface area contributed by atoms with Crippen LogP contribution in [0.25, 0.3) is 0 Å². The van der Waals surface area contributed by atoms with E-state index in [9.17, 15) is 4.79 Å². The molecule has 1 amide bonds. The van der Waals surface area contributed by atoms with Gasteiger partial charge in [0.1, 0.15) is 6.61 Å². The van der Waals surface area contributed by atoms with Gasteiger partial charge in [0.2, 0.25) is 6.79 Å². The molecule has 9 nitrogen and oxygen atoms in total. The van der Waals surface area contributed by atoms with E-state index in [1.54, 1.807) is 25.3 Å². The van der Waals surface area contributed by atoms with Gasteiger partial charge in [0.25, 0.3) is 11.9 Å². The zero-order valence-corrected chi connectivity index (χ0v) is 15.4. The van der Waals surface area contributed by atoms with E-state index < -0.39 is 0 Å². The first-order valence-corrected chi connectivity index (χ1v) is 8.93. The second-order valence-electron chi connectivity index (χ2n) is 6.00. The first-order chi connectivity index (χ1) is 13.3. The molecule has 1 aromatic carbocycles. The van der Waals surface area contributed by atoms with Crippen molar-refractivity contribution >= 4 is 11.9 Å². The van der Waals surface area contributed by atoms with Crippen LogP contribution in [0.3, 0.4) is 0 Å². The molecule has 9 heteroatoms. The lowest BCUT2D eigenvalue weighted by Gasteiger charge is -2.25. The third-order valence-corrected chi connectivity index (χ3v) is 4.16. The third kappa shape index (κ3) is 5.81. The monoisotopic (exact) mass is 379 g/mol. The maximum absolute atomic E-state index is 12.5. The lowest BCUT2D eigenvalue weighted by atomic mass is 10.2. The summed E-state index contributed by atoms with van der Waals surface area (Å²) in [4.78, 5) is 19.2. The van der Waals surface area contributed by atoms with Crippen molar-refractivity contribution in [3.05, 3.63) is 23.8 Å². The van der Waals surface area contributed by atoms with E-state index in [2.05, 4.69) is 15.2 Å². The molecule has 2 heterocycles. The molecule has 0 aliphatic carbocycles. The molecule has 2 aliphatic heterocycles. The van der Waals surface area contributed by atoms with E-state index in [0.717, 1.165) is 32.8 Å². The number of amides is 1. The van der Waals surface area contributed by atoms with Crippen molar-refractivity contribution in [3.63, 3.8) is 0 Å². The van der Waals surface area contributed by atoms with Gasteiger partial charge in [0.15, 0.2) is 11.5 Å². The maximum atomic E-state index is 12.5. The van der Waals surface area contributed by atoms with Gasteiger partial charge < -0.3 is 23.7 Å². The van der Waals surface area contributed by atoms with Crippen LogP contribution in [0, 0.1) is 0 Å². The van der Waals surface area contributed by atoms with Gasteiger partial charge in [-0.3, -0.25) is 15.0 Å². The molecule has 0 unspecified atom stereocenters. The van der Waals surface area contributed by atoms with Crippen molar-refractivity contribution < 1.29 is 28.5 Å². The van der Waals surface area contributed by atoms with Gasteiger partial charge in [0, 0.05) is 32.3 Å². The minimum atomic E-state index is -0.323. The minimum absolute atomic E-state index is 0.161. The van der Waals surface area contributed by atoms with Crippen molar-refractivity contribution in [1.82, 2.24) is 10.2 Å². The number of aliphatic imine (C=N–C) groups is 1. The Kier molecular flexibility index (Phi) is 7.26. The van der Waals surface area contributed by atoms with Gasteiger partial charge in [-0.15, -0.1) is 0 Å². The lowest BCUT2D eigenvalue weighted by molar-refractivity contribution is 0.0393. The summed E-state index contributed by atoms with van der Waals surface area (Å²) in [7, 11) is 1.59. The van der Waals surface area contributed by atoms with Crippen molar-refractivity contribution in [2.24, 2.45) is 4.99 Å². The van der Waals surface area contributed by atoms with Crippen molar-refractivity contribution in [1.29, 1.82) is 0 Å². The van der Waals surface area contributed by atoms with Crippen LogP contribution >= 0.6 is 0 Å². The van der Waals surface area contributed by atoms with E-state index in [1.165, 1.54) is 0 Å². The number of amidine groups is 1. The highest BCUT2D eigenvalue weighted by Crippen LogP contribution is 2.32. The fraction of sp³-hybridized carbons (Fsp3) is 0.556. The highest BCUT2D eigenvalue weighted by molar-refractivity contribution is 6.04. The highest BCUT2D eigenvalue weighted by Gasteiger charge is 2.17. The Balaban J connectivity index is 1.57. The number of nitrogens with one attached hydrogen (secondary N) is 1. The second-order valence-corrected chi connectivity index (χ2v) is 6.00. The summed E-state index contributed by atoms with van der Waals surface area (Å²) in [5.74, 6) is 0.854. The van der Waals surface area contributed by atoms with Crippen LogP contribution in [0.5, 0.6) is 11.5 Å². The average molecular weight is 379 g/mol. The number of nitrogens with zero attached hydrogens (tertiary/aromatic N) is 2. The zero-order valence-electron chi connectivity index (χ0n) is 15.4. The van der Waals surface area contributed by atoms with Gasteiger partial charge in [-0.2, -0.15) is 0 Å². The van der Waals surface area contributed by atoms with Crippen molar-refractivity contribution in [2.45, 2.75) is 0 Å². The molecule has 1 aromatic rings. The number of benzene rings is 1. The summed E-state index contributed by atoms with van der Waals surface area (Å²) in [5.41, 5.74) is 0.440. The number of hydrogen-bond donors (Lipinski definition) is 1. The van der Waals surface area contributed by atoms with Crippen molar-refractivity contribution in [2.75, 3.05) is 66.5 Å². The van der Waals surface area contributed by atoms with Gasteiger partial charge in [0.05, 0.1) is 26.4 Å². The molecule has 148 valence electrons. The number of carbonyl (C=O) groups is 1. The van der Waals surface area contributed by atoms with Crippen LogP contribution in [0.2, 0.25) is 0 Å². The van der Waals surface area contributed by atoms with E-state index in [0.29, 0.717) is 36.8 Å². The van der Waals surface area contributed by atoms with Gasteiger partial charge in [-0.1, -0.05) is 0 Å². The number of fused-ring (bicyclic) bond motifs is 1. The lowest BCUT2D eigenvalue weighted by Crippen LogP contribution is -2.38. The molecule has 1 N–H and O–H groups in total. The highest BCUT2D eigenvalue weighted by atomic mass is 16.7. The molecule has 0 bridgehead atoms. The summed E-state index contributed by atoms with van der Waals surface area (Å²) in [6, 6.07) is 5.20. The predicted octanol–water partition coefficient (Wildman–Crippen LogP) is 0.496. The molecule has 0 saturated carbocycles. The Morgan fingerprint density at radius 2 is 2.04 bits per heavy atom. The van der Waals surface area contributed by atoms with Crippen LogP contribution in [-0.2, 0) is 14.2 Å². The predicted molar refractivity (Wildman–Crippen MR) is 97.4 cm³/mol. The third-order valence-electron chi connectivity index (χ3n) is 4.16. The molecule has 0 atom stereocenters. The molecule has 27 heavy (non-hydrogen) atoms. The van der Waals surface area contributed by atoms with Gasteiger partial charge >= 0.3 is 0 Å². The number of hydrogen-bond acceptors (Lipinski definition) is 8. The zero-order chi connectivity index (χ0) is 18.9. The molecule has 0 spiro atoms. The fourth-order valence-electron chi connectivity index (χ4n) is 2.67. The van der Waals surface area contributed by atoms with Crippen LogP contribution < -0.4 is 14.8 Å². The maximum Gasteiger partial charge on any atom is 0.291 e. The van der Waals surface area contributed by atoms with Gasteiger partial charge in [-0.05, 0) is 18.2 Å². The van der Waals surface area contributed by atoms with Crippen LogP contribution in [-0.4, -0.2) is 83.3 Å². The van der Waals surface area contributed by atoms with Crippen molar-refractivity contribution in [3.8, 4) is 11.5 Å². The van der Waals surface area contributed by atoms with E-state index in [-0.39, 0.29) is 18.7 Å². The van der Waals surface area contributed by atoms with E-state index in [1.807, 2.05) is 0 Å².